The summed E-state index contributed by atoms with van der Waals surface area (Å²) < 4.78 is 33.3. The zero-order chi connectivity index (χ0) is 18.1. The Labute approximate surface area is 156 Å². The monoisotopic (exact) mass is 392 g/mol. The molecule has 0 saturated heterocycles. The third kappa shape index (κ3) is 3.30. The van der Waals surface area contributed by atoms with Gasteiger partial charge in [0.25, 0.3) is 5.22 Å². The summed E-state index contributed by atoms with van der Waals surface area (Å²) in [6, 6.07) is 13.8. The summed E-state index contributed by atoms with van der Waals surface area (Å²) in [5.74, 6) is 0.769. The third-order valence-electron chi connectivity index (χ3n) is 3.69. The normalized spacial score (nSPS) is 11.5. The fraction of sp³-hybridized carbons (Fsp3) is 0.118. The predicted octanol–water partition coefficient (Wildman–Crippen LogP) is 5.43. The van der Waals surface area contributed by atoms with E-state index in [2.05, 4.69) is 15.2 Å². The molecule has 0 saturated carbocycles. The Morgan fingerprint density at radius 1 is 1.08 bits per heavy atom. The molecule has 0 radical (unpaired) electrons. The highest BCUT2D eigenvalue weighted by molar-refractivity contribution is 7.98. The van der Waals surface area contributed by atoms with E-state index in [0.717, 1.165) is 21.9 Å². The Kier molecular flexibility index (Phi) is 4.60. The number of benzene rings is 2. The van der Waals surface area contributed by atoms with Crippen molar-refractivity contribution in [1.29, 1.82) is 0 Å². The molecule has 0 N–H and O–H groups in total. The molecular weight excluding hydrogens is 382 g/mol. The number of aromatic nitrogens is 4. The number of alkyl halides is 2. The van der Waals surface area contributed by atoms with E-state index in [-0.39, 0.29) is 16.8 Å². The fourth-order valence-electron chi connectivity index (χ4n) is 2.52. The van der Waals surface area contributed by atoms with Gasteiger partial charge in [-0.1, -0.05) is 35.5 Å². The average Bonchev–Trinajstić information content (AvgIpc) is 3.24. The van der Waals surface area contributed by atoms with Crippen molar-refractivity contribution in [3.63, 3.8) is 0 Å². The molecule has 0 unspecified atom stereocenters. The van der Waals surface area contributed by atoms with Gasteiger partial charge in [0.15, 0.2) is 0 Å². The van der Waals surface area contributed by atoms with Crippen LogP contribution in [0.25, 0.3) is 22.5 Å². The lowest BCUT2D eigenvalue weighted by molar-refractivity contribution is 0.0722. The van der Waals surface area contributed by atoms with Crippen LogP contribution in [-0.2, 0) is 5.75 Å². The first-order chi connectivity index (χ1) is 12.6. The zero-order valence-corrected chi connectivity index (χ0v) is 14.7. The molecule has 26 heavy (non-hydrogen) atoms. The molecule has 0 bridgehead atoms. The number of rotatable bonds is 5. The number of hydrogen-bond acceptors (Lipinski definition) is 5. The summed E-state index contributed by atoms with van der Waals surface area (Å²) >= 11 is 7.01. The number of hydrogen-bond donors (Lipinski definition) is 0. The molecule has 132 valence electrons. The minimum absolute atomic E-state index is 0.182. The van der Waals surface area contributed by atoms with Gasteiger partial charge in [-0.2, -0.15) is 8.78 Å². The lowest BCUT2D eigenvalue weighted by Gasteiger charge is -2.06. The Hall–Kier alpha value is -2.45. The van der Waals surface area contributed by atoms with Crippen LogP contribution in [0.2, 0.25) is 5.02 Å². The third-order valence-corrected chi connectivity index (χ3v) is 4.75. The number of nitrogens with zero attached hydrogens (tertiary/aromatic N) is 4. The smallest absolute Gasteiger partial charge is 0.320 e. The maximum atomic E-state index is 13.4. The van der Waals surface area contributed by atoms with Gasteiger partial charge >= 0.3 is 6.55 Å². The number of para-hydroxylation sites is 2. The number of fused-ring (bicyclic) bond motifs is 1. The van der Waals surface area contributed by atoms with Gasteiger partial charge in [0.1, 0.15) is 5.82 Å². The van der Waals surface area contributed by atoms with E-state index < -0.39 is 6.55 Å². The molecule has 0 aliphatic heterocycles. The molecule has 0 amide bonds. The van der Waals surface area contributed by atoms with Crippen LogP contribution in [0.4, 0.5) is 8.78 Å². The van der Waals surface area contributed by atoms with Gasteiger partial charge < -0.3 is 4.42 Å². The second-order valence-corrected chi connectivity index (χ2v) is 6.70. The largest absolute Gasteiger partial charge is 0.411 e. The predicted molar refractivity (Wildman–Crippen MR) is 95.3 cm³/mol. The van der Waals surface area contributed by atoms with Crippen molar-refractivity contribution in [3.8, 4) is 11.5 Å². The molecule has 0 aliphatic rings. The lowest BCUT2D eigenvalue weighted by Crippen LogP contribution is -2.03. The first-order valence-electron chi connectivity index (χ1n) is 7.58. The number of halogens is 3. The first kappa shape index (κ1) is 17.0. The van der Waals surface area contributed by atoms with E-state index in [0.29, 0.717) is 21.9 Å². The van der Waals surface area contributed by atoms with Gasteiger partial charge in [-0.25, -0.2) is 4.98 Å². The van der Waals surface area contributed by atoms with Crippen molar-refractivity contribution in [2.24, 2.45) is 0 Å². The Morgan fingerprint density at radius 2 is 1.85 bits per heavy atom. The molecule has 2 heterocycles. The highest BCUT2D eigenvalue weighted by Gasteiger charge is 2.18. The summed E-state index contributed by atoms with van der Waals surface area (Å²) in [6.45, 7) is -2.68. The standard InChI is InChI=1S/C17H11ClF2N4OS/c18-11-7-5-10(6-8-11)15-22-23-17(25-15)26-9-14-21-12-3-1-2-4-13(12)24(14)16(19)20/h1-8,16H,9H2. The van der Waals surface area contributed by atoms with Gasteiger partial charge in [-0.15, -0.1) is 10.2 Å². The molecule has 4 rings (SSSR count). The Balaban J connectivity index is 1.55. The van der Waals surface area contributed by atoms with Crippen LogP contribution in [0, 0.1) is 0 Å². The van der Waals surface area contributed by atoms with E-state index in [1.54, 1.807) is 48.5 Å². The second kappa shape index (κ2) is 7.05. The summed E-state index contributed by atoms with van der Waals surface area (Å²) in [4.78, 5) is 4.28. The van der Waals surface area contributed by atoms with Crippen LogP contribution in [0.5, 0.6) is 0 Å². The van der Waals surface area contributed by atoms with Gasteiger partial charge in [-0.05, 0) is 36.4 Å². The van der Waals surface area contributed by atoms with Crippen molar-refractivity contribution in [3.05, 3.63) is 59.4 Å². The van der Waals surface area contributed by atoms with E-state index in [4.69, 9.17) is 16.0 Å². The van der Waals surface area contributed by atoms with E-state index >= 15 is 0 Å². The van der Waals surface area contributed by atoms with Crippen molar-refractivity contribution < 1.29 is 13.2 Å². The zero-order valence-electron chi connectivity index (χ0n) is 13.1. The Morgan fingerprint density at radius 3 is 2.62 bits per heavy atom. The minimum atomic E-state index is -2.68. The highest BCUT2D eigenvalue weighted by Crippen LogP contribution is 2.29. The highest BCUT2D eigenvalue weighted by atomic mass is 35.5. The van der Waals surface area contributed by atoms with Crippen LogP contribution in [-0.4, -0.2) is 19.7 Å². The van der Waals surface area contributed by atoms with Crippen LogP contribution >= 0.6 is 23.4 Å². The molecule has 0 aliphatic carbocycles. The number of thioether (sulfide) groups is 1. The molecule has 4 aromatic rings. The maximum Gasteiger partial charge on any atom is 0.320 e. The molecule has 2 aromatic heterocycles. The summed E-state index contributed by atoms with van der Waals surface area (Å²) in [5, 5.41) is 8.81. The molecule has 0 atom stereocenters. The van der Waals surface area contributed by atoms with Gasteiger partial charge in [0, 0.05) is 10.6 Å². The fourth-order valence-corrected chi connectivity index (χ4v) is 3.34. The molecule has 0 fully saturated rings. The maximum absolute atomic E-state index is 13.4. The second-order valence-electron chi connectivity index (χ2n) is 5.33. The SMILES string of the molecule is FC(F)n1c(CSc2nnc(-c3ccc(Cl)cc3)o2)nc2ccccc21. The van der Waals surface area contributed by atoms with Crippen molar-refractivity contribution in [2.45, 2.75) is 17.5 Å². The van der Waals surface area contributed by atoms with Crippen molar-refractivity contribution in [1.82, 2.24) is 19.7 Å². The summed E-state index contributed by atoms with van der Waals surface area (Å²) in [5.41, 5.74) is 1.65. The summed E-state index contributed by atoms with van der Waals surface area (Å²) in [7, 11) is 0. The average molecular weight is 393 g/mol. The van der Waals surface area contributed by atoms with E-state index in [1.807, 2.05) is 0 Å². The quantitative estimate of drug-likeness (QED) is 0.424. The minimum Gasteiger partial charge on any atom is -0.411 e. The van der Waals surface area contributed by atoms with Crippen LogP contribution in [0.3, 0.4) is 0 Å². The van der Waals surface area contributed by atoms with Crippen molar-refractivity contribution >= 4 is 34.4 Å². The van der Waals surface area contributed by atoms with Crippen LogP contribution in [0.15, 0.2) is 58.2 Å². The van der Waals surface area contributed by atoms with Gasteiger partial charge in [-0.3, -0.25) is 4.57 Å². The van der Waals surface area contributed by atoms with Gasteiger partial charge in [0.2, 0.25) is 5.89 Å². The number of imidazole rings is 1. The molecule has 5 nitrogen and oxygen atoms in total. The van der Waals surface area contributed by atoms with Crippen LogP contribution < -0.4 is 0 Å². The molecular formula is C17H11ClF2N4OS. The van der Waals surface area contributed by atoms with Crippen LogP contribution in [0.1, 0.15) is 12.4 Å². The van der Waals surface area contributed by atoms with Crippen molar-refractivity contribution in [2.75, 3.05) is 0 Å². The first-order valence-corrected chi connectivity index (χ1v) is 8.94. The van der Waals surface area contributed by atoms with Gasteiger partial charge in [0.05, 0.1) is 16.8 Å². The topological polar surface area (TPSA) is 56.7 Å². The molecule has 0 spiro atoms. The summed E-state index contributed by atoms with van der Waals surface area (Å²) in [6.07, 6.45) is 0. The molecule has 2 aromatic carbocycles. The lowest BCUT2D eigenvalue weighted by atomic mass is 10.2. The van der Waals surface area contributed by atoms with E-state index in [9.17, 15) is 8.78 Å². The van der Waals surface area contributed by atoms with E-state index in [1.165, 1.54) is 0 Å². The molecule has 9 heteroatoms. The Bertz CT molecular complexity index is 1050.